The Morgan fingerprint density at radius 1 is 1.29 bits per heavy atom. The SMILES string of the molecule is CCNc1ccc(C(=O)N2CCN3CCCCC3C2)nn1. The van der Waals surface area contributed by atoms with Crippen molar-refractivity contribution in [1.82, 2.24) is 20.0 Å². The Kier molecular flexibility index (Phi) is 4.34. The van der Waals surface area contributed by atoms with Crippen LogP contribution in [0.2, 0.25) is 0 Å². The second-order valence-corrected chi connectivity index (χ2v) is 5.77. The number of aromatic nitrogens is 2. The Hall–Kier alpha value is -1.69. The van der Waals surface area contributed by atoms with Gasteiger partial charge in [0.1, 0.15) is 5.82 Å². The summed E-state index contributed by atoms with van der Waals surface area (Å²) in [7, 11) is 0. The van der Waals surface area contributed by atoms with Gasteiger partial charge in [0.25, 0.3) is 5.91 Å². The van der Waals surface area contributed by atoms with E-state index in [0.717, 1.165) is 26.2 Å². The standard InChI is InChI=1S/C15H23N5O/c1-2-16-14-7-6-13(17-18-14)15(21)20-10-9-19-8-4-3-5-12(19)11-20/h6-7,12H,2-5,8-11H2,1H3,(H,16,18). The van der Waals surface area contributed by atoms with Crippen molar-refractivity contribution in [3.8, 4) is 0 Å². The van der Waals surface area contributed by atoms with E-state index in [2.05, 4.69) is 20.4 Å². The predicted octanol–water partition coefficient (Wildman–Crippen LogP) is 1.22. The Labute approximate surface area is 125 Å². The van der Waals surface area contributed by atoms with E-state index in [9.17, 15) is 4.79 Å². The molecule has 1 amide bonds. The maximum atomic E-state index is 12.5. The zero-order valence-corrected chi connectivity index (χ0v) is 12.6. The summed E-state index contributed by atoms with van der Waals surface area (Å²) in [5, 5.41) is 11.2. The summed E-state index contributed by atoms with van der Waals surface area (Å²) in [6, 6.07) is 4.12. The van der Waals surface area contributed by atoms with Crippen molar-refractivity contribution in [3.05, 3.63) is 17.8 Å². The number of nitrogens with one attached hydrogen (secondary N) is 1. The van der Waals surface area contributed by atoms with E-state index in [1.54, 1.807) is 6.07 Å². The summed E-state index contributed by atoms with van der Waals surface area (Å²) in [5.41, 5.74) is 0.445. The summed E-state index contributed by atoms with van der Waals surface area (Å²) in [5.74, 6) is 0.724. The van der Waals surface area contributed by atoms with Crippen molar-refractivity contribution in [2.75, 3.05) is 38.0 Å². The van der Waals surface area contributed by atoms with Crippen molar-refractivity contribution in [1.29, 1.82) is 0 Å². The Morgan fingerprint density at radius 3 is 2.95 bits per heavy atom. The molecule has 2 aliphatic rings. The van der Waals surface area contributed by atoms with Crippen LogP contribution >= 0.6 is 0 Å². The van der Waals surface area contributed by atoms with E-state index in [4.69, 9.17) is 0 Å². The van der Waals surface area contributed by atoms with Crippen LogP contribution in [0.15, 0.2) is 12.1 Å². The van der Waals surface area contributed by atoms with Crippen LogP contribution in [0.3, 0.4) is 0 Å². The highest BCUT2D eigenvalue weighted by atomic mass is 16.2. The second-order valence-electron chi connectivity index (χ2n) is 5.77. The van der Waals surface area contributed by atoms with Crippen LogP contribution in [0.5, 0.6) is 0 Å². The lowest BCUT2D eigenvalue weighted by Crippen LogP contribution is -2.56. The molecule has 0 spiro atoms. The number of carbonyl (C=O) groups excluding carboxylic acids is 1. The summed E-state index contributed by atoms with van der Waals surface area (Å²) >= 11 is 0. The van der Waals surface area contributed by atoms with Gasteiger partial charge in [0, 0.05) is 32.2 Å². The fourth-order valence-corrected chi connectivity index (χ4v) is 3.22. The van der Waals surface area contributed by atoms with Crippen LogP contribution in [0.1, 0.15) is 36.7 Å². The van der Waals surface area contributed by atoms with E-state index >= 15 is 0 Å². The molecule has 2 aliphatic heterocycles. The molecule has 21 heavy (non-hydrogen) atoms. The predicted molar refractivity (Wildman–Crippen MR) is 81.3 cm³/mol. The minimum absolute atomic E-state index is 0.00997. The van der Waals surface area contributed by atoms with Crippen LogP contribution in [0.4, 0.5) is 5.82 Å². The van der Waals surface area contributed by atoms with E-state index in [0.29, 0.717) is 17.6 Å². The topological polar surface area (TPSA) is 61.4 Å². The van der Waals surface area contributed by atoms with E-state index < -0.39 is 0 Å². The normalized spacial score (nSPS) is 22.7. The van der Waals surface area contributed by atoms with Crippen LogP contribution in [-0.4, -0.2) is 64.7 Å². The lowest BCUT2D eigenvalue weighted by Gasteiger charge is -2.43. The average Bonchev–Trinajstić information content (AvgIpc) is 2.55. The molecule has 0 saturated carbocycles. The van der Waals surface area contributed by atoms with Crippen molar-refractivity contribution < 1.29 is 4.79 Å². The first-order valence-electron chi connectivity index (χ1n) is 7.89. The molecule has 1 aromatic rings. The van der Waals surface area contributed by atoms with Crippen molar-refractivity contribution in [2.24, 2.45) is 0 Å². The highest BCUT2D eigenvalue weighted by Gasteiger charge is 2.31. The van der Waals surface area contributed by atoms with Crippen LogP contribution in [0.25, 0.3) is 0 Å². The van der Waals surface area contributed by atoms with Gasteiger partial charge in [-0.2, -0.15) is 0 Å². The number of nitrogens with zero attached hydrogens (tertiary/aromatic N) is 4. The first kappa shape index (κ1) is 14.3. The Bertz CT molecular complexity index is 489. The molecular weight excluding hydrogens is 266 g/mol. The first-order chi connectivity index (χ1) is 10.3. The number of amides is 1. The van der Waals surface area contributed by atoms with E-state index in [1.807, 2.05) is 17.9 Å². The zero-order chi connectivity index (χ0) is 14.7. The van der Waals surface area contributed by atoms with Gasteiger partial charge in [-0.3, -0.25) is 9.69 Å². The number of hydrogen-bond acceptors (Lipinski definition) is 5. The molecule has 3 rings (SSSR count). The molecule has 1 unspecified atom stereocenters. The molecule has 0 aliphatic carbocycles. The zero-order valence-electron chi connectivity index (χ0n) is 12.6. The molecule has 6 heteroatoms. The number of piperidine rings is 1. The number of piperazine rings is 1. The molecule has 6 nitrogen and oxygen atoms in total. The maximum absolute atomic E-state index is 12.5. The quantitative estimate of drug-likeness (QED) is 0.906. The molecule has 2 saturated heterocycles. The minimum atomic E-state index is 0.00997. The largest absolute Gasteiger partial charge is 0.369 e. The molecule has 114 valence electrons. The number of rotatable bonds is 3. The van der Waals surface area contributed by atoms with Crippen molar-refractivity contribution >= 4 is 11.7 Å². The smallest absolute Gasteiger partial charge is 0.274 e. The van der Waals surface area contributed by atoms with Crippen LogP contribution in [0, 0.1) is 0 Å². The molecular formula is C15H23N5O. The third-order valence-electron chi connectivity index (χ3n) is 4.37. The third-order valence-corrected chi connectivity index (χ3v) is 4.37. The monoisotopic (exact) mass is 289 g/mol. The van der Waals surface area contributed by atoms with Gasteiger partial charge < -0.3 is 10.2 Å². The Morgan fingerprint density at radius 2 is 2.19 bits per heavy atom. The van der Waals surface area contributed by atoms with Gasteiger partial charge in [0.2, 0.25) is 0 Å². The van der Waals surface area contributed by atoms with Gasteiger partial charge >= 0.3 is 0 Å². The van der Waals surface area contributed by atoms with Gasteiger partial charge in [-0.15, -0.1) is 10.2 Å². The third kappa shape index (κ3) is 3.15. The number of fused-ring (bicyclic) bond motifs is 1. The molecule has 0 radical (unpaired) electrons. The molecule has 1 atom stereocenters. The van der Waals surface area contributed by atoms with E-state index in [1.165, 1.54) is 25.8 Å². The van der Waals surface area contributed by atoms with Crippen molar-refractivity contribution in [2.45, 2.75) is 32.2 Å². The fourth-order valence-electron chi connectivity index (χ4n) is 3.22. The molecule has 0 aromatic carbocycles. The second kappa shape index (κ2) is 6.39. The lowest BCUT2D eigenvalue weighted by molar-refractivity contribution is 0.0367. The molecule has 3 heterocycles. The van der Waals surface area contributed by atoms with Gasteiger partial charge in [-0.05, 0) is 38.4 Å². The van der Waals surface area contributed by atoms with Gasteiger partial charge in [0.15, 0.2) is 5.69 Å². The van der Waals surface area contributed by atoms with Crippen LogP contribution < -0.4 is 5.32 Å². The number of anilines is 1. The molecule has 1 N–H and O–H groups in total. The minimum Gasteiger partial charge on any atom is -0.369 e. The van der Waals surface area contributed by atoms with E-state index in [-0.39, 0.29) is 5.91 Å². The van der Waals surface area contributed by atoms with Gasteiger partial charge in [-0.25, -0.2) is 0 Å². The van der Waals surface area contributed by atoms with Gasteiger partial charge in [0.05, 0.1) is 0 Å². The number of carbonyl (C=O) groups is 1. The lowest BCUT2D eigenvalue weighted by atomic mass is 9.99. The molecule has 1 aromatic heterocycles. The molecule has 2 fully saturated rings. The summed E-state index contributed by atoms with van der Waals surface area (Å²) in [6.07, 6.45) is 3.77. The maximum Gasteiger partial charge on any atom is 0.274 e. The summed E-state index contributed by atoms with van der Waals surface area (Å²) in [4.78, 5) is 17.0. The molecule has 0 bridgehead atoms. The van der Waals surface area contributed by atoms with Crippen molar-refractivity contribution in [3.63, 3.8) is 0 Å². The summed E-state index contributed by atoms with van der Waals surface area (Å²) in [6.45, 7) is 6.60. The fraction of sp³-hybridized carbons (Fsp3) is 0.667. The number of hydrogen-bond donors (Lipinski definition) is 1. The highest BCUT2D eigenvalue weighted by molar-refractivity contribution is 5.92. The Balaban J connectivity index is 1.64. The van der Waals surface area contributed by atoms with Gasteiger partial charge in [-0.1, -0.05) is 6.42 Å². The van der Waals surface area contributed by atoms with Crippen LogP contribution in [-0.2, 0) is 0 Å². The summed E-state index contributed by atoms with van der Waals surface area (Å²) < 4.78 is 0. The first-order valence-corrected chi connectivity index (χ1v) is 7.89. The highest BCUT2D eigenvalue weighted by Crippen LogP contribution is 2.21. The average molecular weight is 289 g/mol.